The van der Waals surface area contributed by atoms with Crippen molar-refractivity contribution in [2.24, 2.45) is 0 Å². The standard InChI is InChI=1S/C24H22N4O3S/c1-15(2)19-14-32-21(26-19)5-3-16-9-12-28-20(13-16)27-23(17-7-10-25-11-8-17)18(24(28)31)4-6-22(29)30/h4,6-15H,3,5H2,1-2H3,(H,29,30)/b6-4+. The van der Waals surface area contributed by atoms with Crippen molar-refractivity contribution >= 4 is 29.0 Å². The number of nitrogens with zero attached hydrogens (tertiary/aromatic N) is 4. The normalized spacial score (nSPS) is 11.6. The van der Waals surface area contributed by atoms with E-state index in [0.717, 1.165) is 35.2 Å². The number of rotatable bonds is 7. The maximum atomic E-state index is 13.1. The number of carboxylic acid groups (broad SMARTS) is 1. The maximum Gasteiger partial charge on any atom is 0.328 e. The van der Waals surface area contributed by atoms with E-state index in [-0.39, 0.29) is 11.1 Å². The van der Waals surface area contributed by atoms with Gasteiger partial charge >= 0.3 is 5.97 Å². The third-order valence-electron chi connectivity index (χ3n) is 5.06. The van der Waals surface area contributed by atoms with Crippen molar-refractivity contribution in [2.45, 2.75) is 32.6 Å². The van der Waals surface area contributed by atoms with Crippen molar-refractivity contribution in [2.75, 3.05) is 0 Å². The van der Waals surface area contributed by atoms with Crippen LogP contribution in [-0.4, -0.2) is 30.4 Å². The Hall–Kier alpha value is -3.65. The quantitative estimate of drug-likeness (QED) is 0.427. The number of hydrogen-bond donors (Lipinski definition) is 1. The molecule has 0 spiro atoms. The van der Waals surface area contributed by atoms with Crippen molar-refractivity contribution in [3.05, 3.63) is 86.5 Å². The molecule has 4 aromatic heterocycles. The van der Waals surface area contributed by atoms with Crippen LogP contribution in [-0.2, 0) is 17.6 Å². The van der Waals surface area contributed by atoms with Gasteiger partial charge in [0.2, 0.25) is 0 Å². The predicted molar refractivity (Wildman–Crippen MR) is 125 cm³/mol. The lowest BCUT2D eigenvalue weighted by molar-refractivity contribution is -0.131. The van der Waals surface area contributed by atoms with Gasteiger partial charge in [-0.25, -0.2) is 14.8 Å². The number of carboxylic acids is 1. The molecular weight excluding hydrogens is 424 g/mol. The van der Waals surface area contributed by atoms with Gasteiger partial charge in [-0.15, -0.1) is 11.3 Å². The first kappa shape index (κ1) is 21.6. The number of aryl methyl sites for hydroxylation is 2. The highest BCUT2D eigenvalue weighted by Gasteiger charge is 2.14. The Bertz CT molecular complexity index is 1360. The third-order valence-corrected chi connectivity index (χ3v) is 5.99. The average Bonchev–Trinajstić information content (AvgIpc) is 3.27. The monoisotopic (exact) mass is 446 g/mol. The van der Waals surface area contributed by atoms with Crippen molar-refractivity contribution in [3.8, 4) is 11.3 Å². The zero-order chi connectivity index (χ0) is 22.7. The lowest BCUT2D eigenvalue weighted by Gasteiger charge is -2.10. The van der Waals surface area contributed by atoms with Gasteiger partial charge in [0.1, 0.15) is 5.65 Å². The van der Waals surface area contributed by atoms with Gasteiger partial charge in [0, 0.05) is 42.0 Å². The fourth-order valence-corrected chi connectivity index (χ4v) is 4.30. The molecule has 0 bridgehead atoms. The molecule has 4 aromatic rings. The molecule has 0 saturated heterocycles. The van der Waals surface area contributed by atoms with E-state index >= 15 is 0 Å². The summed E-state index contributed by atoms with van der Waals surface area (Å²) in [6.07, 6.45) is 8.75. The molecule has 0 amide bonds. The molecule has 7 nitrogen and oxygen atoms in total. The molecule has 0 fully saturated rings. The summed E-state index contributed by atoms with van der Waals surface area (Å²) in [5.74, 6) is -0.721. The molecule has 4 rings (SSSR count). The van der Waals surface area contributed by atoms with E-state index in [0.29, 0.717) is 22.8 Å². The molecule has 0 aliphatic rings. The van der Waals surface area contributed by atoms with Crippen LogP contribution in [0.2, 0.25) is 0 Å². The van der Waals surface area contributed by atoms with Crippen molar-refractivity contribution in [1.82, 2.24) is 19.4 Å². The van der Waals surface area contributed by atoms with E-state index in [1.165, 1.54) is 10.5 Å². The molecule has 32 heavy (non-hydrogen) atoms. The molecule has 4 heterocycles. The van der Waals surface area contributed by atoms with Crippen LogP contribution in [0.4, 0.5) is 0 Å². The summed E-state index contributed by atoms with van der Waals surface area (Å²) < 4.78 is 1.44. The Balaban J connectivity index is 1.73. The molecule has 0 aliphatic carbocycles. The first-order valence-electron chi connectivity index (χ1n) is 10.2. The van der Waals surface area contributed by atoms with E-state index in [1.54, 1.807) is 42.1 Å². The highest BCUT2D eigenvalue weighted by atomic mass is 32.1. The maximum absolute atomic E-state index is 13.1. The molecule has 0 saturated carbocycles. The summed E-state index contributed by atoms with van der Waals surface area (Å²) in [5.41, 5.74) is 3.68. The molecule has 0 aliphatic heterocycles. The Labute approximate surface area is 188 Å². The molecule has 0 radical (unpaired) electrons. The number of thiazole rings is 1. The number of fused-ring (bicyclic) bond motifs is 1. The average molecular weight is 447 g/mol. The number of aliphatic carboxylic acids is 1. The molecule has 0 unspecified atom stereocenters. The van der Waals surface area contributed by atoms with E-state index in [2.05, 4.69) is 29.2 Å². The first-order chi connectivity index (χ1) is 15.4. The van der Waals surface area contributed by atoms with Crippen LogP contribution in [0.25, 0.3) is 23.0 Å². The molecule has 1 N–H and O–H groups in total. The van der Waals surface area contributed by atoms with Gasteiger partial charge in [-0.1, -0.05) is 13.8 Å². The van der Waals surface area contributed by atoms with Crippen LogP contribution in [0.15, 0.2) is 59.1 Å². The second-order valence-corrected chi connectivity index (χ2v) is 8.61. The Kier molecular flexibility index (Phi) is 6.23. The van der Waals surface area contributed by atoms with Crippen molar-refractivity contribution in [1.29, 1.82) is 0 Å². The number of hydrogen-bond acceptors (Lipinski definition) is 6. The summed E-state index contributed by atoms with van der Waals surface area (Å²) in [4.78, 5) is 37.6. The van der Waals surface area contributed by atoms with Gasteiger partial charge < -0.3 is 5.11 Å². The zero-order valence-electron chi connectivity index (χ0n) is 17.7. The van der Waals surface area contributed by atoms with Crippen LogP contribution >= 0.6 is 11.3 Å². The largest absolute Gasteiger partial charge is 0.478 e. The van der Waals surface area contributed by atoms with Crippen LogP contribution in [0, 0.1) is 0 Å². The van der Waals surface area contributed by atoms with Crippen molar-refractivity contribution in [3.63, 3.8) is 0 Å². The van der Waals surface area contributed by atoms with Crippen molar-refractivity contribution < 1.29 is 9.90 Å². The molecule has 162 valence electrons. The minimum absolute atomic E-state index is 0.216. The van der Waals surface area contributed by atoms with Gasteiger partial charge in [0.25, 0.3) is 5.56 Å². The molecule has 8 heteroatoms. The minimum Gasteiger partial charge on any atom is -0.478 e. The summed E-state index contributed by atoms with van der Waals surface area (Å²) in [6, 6.07) is 7.28. The highest BCUT2D eigenvalue weighted by molar-refractivity contribution is 7.09. The lowest BCUT2D eigenvalue weighted by Crippen LogP contribution is -2.19. The Morgan fingerprint density at radius 2 is 1.97 bits per heavy atom. The number of carbonyl (C=O) groups is 1. The van der Waals surface area contributed by atoms with Crippen LogP contribution < -0.4 is 5.56 Å². The molecule has 0 atom stereocenters. The van der Waals surface area contributed by atoms with Crippen LogP contribution in [0.3, 0.4) is 0 Å². The van der Waals surface area contributed by atoms with Gasteiger partial charge in [-0.2, -0.15) is 0 Å². The summed E-state index contributed by atoms with van der Waals surface area (Å²) >= 11 is 1.67. The van der Waals surface area contributed by atoms with Gasteiger partial charge in [0.15, 0.2) is 0 Å². The number of aromatic nitrogens is 4. The summed E-state index contributed by atoms with van der Waals surface area (Å²) in [6.45, 7) is 4.26. The molecule has 0 aromatic carbocycles. The smallest absolute Gasteiger partial charge is 0.328 e. The number of pyridine rings is 2. The van der Waals surface area contributed by atoms with E-state index in [4.69, 9.17) is 10.1 Å². The van der Waals surface area contributed by atoms with E-state index < -0.39 is 5.97 Å². The predicted octanol–water partition coefficient (Wildman–Crippen LogP) is 4.22. The van der Waals surface area contributed by atoms with Crippen LogP contribution in [0.1, 0.15) is 41.6 Å². The highest BCUT2D eigenvalue weighted by Crippen LogP contribution is 2.22. The van der Waals surface area contributed by atoms with E-state index in [1.807, 2.05) is 12.1 Å². The van der Waals surface area contributed by atoms with Gasteiger partial charge in [0.05, 0.1) is 22.0 Å². The SMILES string of the molecule is CC(C)c1csc(CCc2ccn3c(=O)c(/C=C/C(=O)O)c(-c4ccncc4)nc3c2)n1. The Morgan fingerprint density at radius 3 is 2.66 bits per heavy atom. The second-order valence-electron chi connectivity index (χ2n) is 7.67. The van der Waals surface area contributed by atoms with Gasteiger partial charge in [-0.05, 0) is 48.2 Å². The van der Waals surface area contributed by atoms with Crippen LogP contribution in [0.5, 0.6) is 0 Å². The lowest BCUT2D eigenvalue weighted by atomic mass is 10.1. The summed E-state index contributed by atoms with van der Waals surface area (Å²) in [7, 11) is 0. The second kappa shape index (κ2) is 9.23. The Morgan fingerprint density at radius 1 is 1.19 bits per heavy atom. The first-order valence-corrected chi connectivity index (χ1v) is 11.1. The summed E-state index contributed by atoms with van der Waals surface area (Å²) in [5, 5.41) is 12.2. The molecular formula is C24H22N4O3S. The topological polar surface area (TPSA) is 97.5 Å². The third kappa shape index (κ3) is 4.65. The van der Waals surface area contributed by atoms with Gasteiger partial charge in [-0.3, -0.25) is 14.2 Å². The minimum atomic E-state index is -1.13. The zero-order valence-corrected chi connectivity index (χ0v) is 18.5. The fraction of sp³-hybridized carbons (Fsp3) is 0.208. The van der Waals surface area contributed by atoms with E-state index in [9.17, 15) is 9.59 Å². The fourth-order valence-electron chi connectivity index (χ4n) is 3.34.